The highest BCUT2D eigenvalue weighted by Gasteiger charge is 2.21. The van der Waals surface area contributed by atoms with E-state index in [4.69, 9.17) is 0 Å². The fraction of sp³-hybridized carbons (Fsp3) is 0.818. The summed E-state index contributed by atoms with van der Waals surface area (Å²) in [5.41, 5.74) is -0.196. The van der Waals surface area contributed by atoms with Crippen LogP contribution in [0.15, 0.2) is 9.95 Å². The van der Waals surface area contributed by atoms with Crippen molar-refractivity contribution in [1.29, 1.82) is 0 Å². The van der Waals surface area contributed by atoms with Crippen molar-refractivity contribution in [1.82, 2.24) is 20.1 Å². The van der Waals surface area contributed by atoms with Gasteiger partial charge < -0.3 is 10.4 Å². The average molecular weight is 272 g/mol. The summed E-state index contributed by atoms with van der Waals surface area (Å²) in [6.07, 6.45) is 2.01. The number of H-pyrrole nitrogens is 1. The Morgan fingerprint density at radius 1 is 1.61 bits per heavy atom. The molecule has 0 aromatic carbocycles. The smallest absolute Gasteiger partial charge is 0.344 e. The van der Waals surface area contributed by atoms with Crippen LogP contribution in [0.25, 0.3) is 0 Å². The molecule has 0 amide bonds. The van der Waals surface area contributed by atoms with Gasteiger partial charge in [-0.3, -0.25) is 4.57 Å². The highest BCUT2D eigenvalue weighted by Crippen LogP contribution is 2.20. The van der Waals surface area contributed by atoms with E-state index in [-0.39, 0.29) is 11.7 Å². The number of rotatable bonds is 7. The molecule has 1 saturated carbocycles. The predicted octanol–water partition coefficient (Wildman–Crippen LogP) is 0.357. The molecule has 7 heteroatoms. The minimum Gasteiger partial charge on any atom is -0.391 e. The lowest BCUT2D eigenvalue weighted by atomic mass is 10.4. The normalized spacial score (nSPS) is 17.3. The Kier molecular flexibility index (Phi) is 4.47. The van der Waals surface area contributed by atoms with Crippen molar-refractivity contribution in [2.75, 3.05) is 12.3 Å². The van der Waals surface area contributed by atoms with Gasteiger partial charge in [-0.25, -0.2) is 9.89 Å². The molecule has 0 aliphatic heterocycles. The average Bonchev–Trinajstić information content (AvgIpc) is 3.06. The molecule has 1 unspecified atom stereocenters. The summed E-state index contributed by atoms with van der Waals surface area (Å²) >= 11 is 1.41. The number of hydrogen-bond acceptors (Lipinski definition) is 5. The Morgan fingerprint density at radius 2 is 2.33 bits per heavy atom. The first-order chi connectivity index (χ1) is 8.58. The first-order valence-corrected chi connectivity index (χ1v) is 7.27. The molecule has 6 nitrogen and oxygen atoms in total. The van der Waals surface area contributed by atoms with E-state index in [9.17, 15) is 9.90 Å². The summed E-state index contributed by atoms with van der Waals surface area (Å²) in [5.74, 6) is 0.538. The van der Waals surface area contributed by atoms with E-state index in [2.05, 4.69) is 15.5 Å². The topological polar surface area (TPSA) is 82.9 Å². The maximum atomic E-state index is 11.5. The summed E-state index contributed by atoms with van der Waals surface area (Å²) in [5, 5.41) is 20.1. The standard InChI is InChI=1S/C11H20N4O2S/c1-7(2)15-10(17)13-14-11(15)18-6-9(16)5-12-8-3-4-8/h7-9,12,16H,3-6H2,1-2H3,(H,13,17). The minimum absolute atomic E-state index is 0.0699. The predicted molar refractivity (Wildman–Crippen MR) is 71.0 cm³/mol. The van der Waals surface area contributed by atoms with Crippen LogP contribution in [0.1, 0.15) is 32.7 Å². The van der Waals surface area contributed by atoms with Gasteiger partial charge in [0.15, 0.2) is 5.16 Å². The molecule has 3 N–H and O–H groups in total. The highest BCUT2D eigenvalue weighted by atomic mass is 32.2. The molecule has 1 aliphatic carbocycles. The molecule has 1 aromatic heterocycles. The number of nitrogens with zero attached hydrogens (tertiary/aromatic N) is 2. The third-order valence-electron chi connectivity index (χ3n) is 2.81. The molecule has 2 rings (SSSR count). The van der Waals surface area contributed by atoms with Crippen LogP contribution in [0.3, 0.4) is 0 Å². The minimum atomic E-state index is -0.414. The quantitative estimate of drug-likeness (QED) is 0.624. The van der Waals surface area contributed by atoms with Crippen LogP contribution in [-0.2, 0) is 0 Å². The number of thioether (sulfide) groups is 1. The summed E-state index contributed by atoms with van der Waals surface area (Å²) in [6.45, 7) is 4.48. The second-order valence-corrected chi connectivity index (χ2v) is 5.91. The zero-order valence-electron chi connectivity index (χ0n) is 10.7. The fourth-order valence-corrected chi connectivity index (χ4v) is 2.67. The molecule has 18 heavy (non-hydrogen) atoms. The van der Waals surface area contributed by atoms with Crippen molar-refractivity contribution < 1.29 is 5.11 Å². The lowest BCUT2D eigenvalue weighted by molar-refractivity contribution is 0.195. The van der Waals surface area contributed by atoms with Gasteiger partial charge in [0, 0.05) is 24.4 Å². The van der Waals surface area contributed by atoms with Gasteiger partial charge in [-0.2, -0.15) is 0 Å². The molecule has 1 fully saturated rings. The number of nitrogens with one attached hydrogen (secondary N) is 2. The molecule has 0 saturated heterocycles. The summed E-state index contributed by atoms with van der Waals surface area (Å²) in [6, 6.07) is 0.671. The number of aromatic nitrogens is 3. The second kappa shape index (κ2) is 5.90. The van der Waals surface area contributed by atoms with E-state index < -0.39 is 6.10 Å². The number of hydrogen-bond donors (Lipinski definition) is 3. The maximum Gasteiger partial charge on any atom is 0.344 e. The molecule has 1 aliphatic rings. The maximum absolute atomic E-state index is 11.5. The molecule has 0 spiro atoms. The van der Waals surface area contributed by atoms with Crippen molar-refractivity contribution in [3.63, 3.8) is 0 Å². The Balaban J connectivity index is 1.83. The molecule has 1 heterocycles. The van der Waals surface area contributed by atoms with Crippen LogP contribution in [0, 0.1) is 0 Å². The first kappa shape index (κ1) is 13.6. The molecule has 0 bridgehead atoms. The molecule has 1 aromatic rings. The van der Waals surface area contributed by atoms with Gasteiger partial charge in [0.05, 0.1) is 6.10 Å². The van der Waals surface area contributed by atoms with Crippen LogP contribution in [0.2, 0.25) is 0 Å². The number of aliphatic hydroxyl groups excluding tert-OH is 1. The molecular weight excluding hydrogens is 252 g/mol. The van der Waals surface area contributed by atoms with Gasteiger partial charge >= 0.3 is 5.69 Å². The van der Waals surface area contributed by atoms with Crippen molar-refractivity contribution in [3.05, 3.63) is 10.5 Å². The van der Waals surface area contributed by atoms with E-state index >= 15 is 0 Å². The monoisotopic (exact) mass is 272 g/mol. The van der Waals surface area contributed by atoms with Gasteiger partial charge in [-0.1, -0.05) is 11.8 Å². The van der Waals surface area contributed by atoms with Crippen molar-refractivity contribution in [2.45, 2.75) is 50.0 Å². The highest BCUT2D eigenvalue weighted by molar-refractivity contribution is 7.99. The fourth-order valence-electron chi connectivity index (χ4n) is 1.67. The van der Waals surface area contributed by atoms with Gasteiger partial charge in [0.1, 0.15) is 0 Å². The van der Waals surface area contributed by atoms with Crippen molar-refractivity contribution in [2.24, 2.45) is 0 Å². The Morgan fingerprint density at radius 3 is 2.94 bits per heavy atom. The largest absolute Gasteiger partial charge is 0.391 e. The van der Waals surface area contributed by atoms with Crippen LogP contribution in [0.4, 0.5) is 0 Å². The van der Waals surface area contributed by atoms with Crippen LogP contribution >= 0.6 is 11.8 Å². The lowest BCUT2D eigenvalue weighted by Gasteiger charge is -2.12. The van der Waals surface area contributed by atoms with Crippen molar-refractivity contribution in [3.8, 4) is 0 Å². The Bertz CT molecular complexity index is 438. The third-order valence-corrected chi connectivity index (χ3v) is 3.91. The Labute approximate surface area is 110 Å². The second-order valence-electron chi connectivity index (χ2n) is 4.92. The van der Waals surface area contributed by atoms with Crippen molar-refractivity contribution >= 4 is 11.8 Å². The summed E-state index contributed by atoms with van der Waals surface area (Å²) in [4.78, 5) is 11.5. The zero-order chi connectivity index (χ0) is 13.1. The molecule has 1 atom stereocenters. The van der Waals surface area contributed by atoms with Gasteiger partial charge in [-0.15, -0.1) is 5.10 Å². The van der Waals surface area contributed by atoms with E-state index in [0.29, 0.717) is 23.5 Å². The first-order valence-electron chi connectivity index (χ1n) is 6.29. The van der Waals surface area contributed by atoms with Crippen LogP contribution in [-0.4, -0.2) is 44.3 Å². The third kappa shape index (κ3) is 3.60. The Hall–Kier alpha value is -0.790. The lowest BCUT2D eigenvalue weighted by Crippen LogP contribution is -2.30. The number of aromatic amines is 1. The molecule has 102 valence electrons. The van der Waals surface area contributed by atoms with E-state index in [0.717, 1.165) is 0 Å². The van der Waals surface area contributed by atoms with Gasteiger partial charge in [0.2, 0.25) is 0 Å². The summed E-state index contributed by atoms with van der Waals surface area (Å²) < 4.78 is 1.60. The van der Waals surface area contributed by atoms with E-state index in [1.54, 1.807) is 4.57 Å². The number of aliphatic hydroxyl groups is 1. The summed E-state index contributed by atoms with van der Waals surface area (Å²) in [7, 11) is 0. The molecular formula is C11H20N4O2S. The van der Waals surface area contributed by atoms with E-state index in [1.165, 1.54) is 24.6 Å². The SMILES string of the molecule is CC(C)n1c(SCC(O)CNC2CC2)n[nH]c1=O. The zero-order valence-corrected chi connectivity index (χ0v) is 11.5. The van der Waals surface area contributed by atoms with Gasteiger partial charge in [0.25, 0.3) is 0 Å². The van der Waals surface area contributed by atoms with Crippen LogP contribution in [0.5, 0.6) is 0 Å². The molecule has 0 radical (unpaired) electrons. The van der Waals surface area contributed by atoms with Crippen LogP contribution < -0.4 is 11.0 Å². The van der Waals surface area contributed by atoms with E-state index in [1.807, 2.05) is 13.8 Å². The van der Waals surface area contributed by atoms with Gasteiger partial charge in [-0.05, 0) is 26.7 Å².